The predicted octanol–water partition coefficient (Wildman–Crippen LogP) is 1.68. The minimum atomic E-state index is -0.512. The van der Waals surface area contributed by atoms with Gasteiger partial charge in [0, 0.05) is 5.56 Å². The van der Waals surface area contributed by atoms with Gasteiger partial charge in [-0.3, -0.25) is 4.79 Å². The molecule has 0 aromatic heterocycles. The van der Waals surface area contributed by atoms with Crippen LogP contribution < -0.4 is 4.74 Å². The molecule has 15 heavy (non-hydrogen) atoms. The van der Waals surface area contributed by atoms with Gasteiger partial charge in [-0.05, 0) is 25.1 Å². The fourth-order valence-electron chi connectivity index (χ4n) is 1.17. The standard InChI is InChI=1S/C11H12O4/c1-3-15-10-5-4-8(7-12)6-9(10)11(13)14-2/h4-7H,3H2,1-2H3. The molecule has 0 atom stereocenters. The van der Waals surface area contributed by atoms with Crippen molar-refractivity contribution in [2.24, 2.45) is 0 Å². The van der Waals surface area contributed by atoms with Crippen molar-refractivity contribution >= 4 is 12.3 Å². The van der Waals surface area contributed by atoms with Gasteiger partial charge in [0.05, 0.1) is 13.7 Å². The number of carbonyl (C=O) groups is 2. The van der Waals surface area contributed by atoms with E-state index in [1.165, 1.54) is 13.2 Å². The maximum Gasteiger partial charge on any atom is 0.341 e. The molecule has 1 rings (SSSR count). The quantitative estimate of drug-likeness (QED) is 0.558. The largest absolute Gasteiger partial charge is 0.493 e. The lowest BCUT2D eigenvalue weighted by Crippen LogP contribution is -2.06. The Hall–Kier alpha value is -1.84. The zero-order chi connectivity index (χ0) is 11.3. The number of rotatable bonds is 4. The summed E-state index contributed by atoms with van der Waals surface area (Å²) in [5.41, 5.74) is 0.683. The van der Waals surface area contributed by atoms with E-state index in [4.69, 9.17) is 4.74 Å². The lowest BCUT2D eigenvalue weighted by atomic mass is 10.1. The average molecular weight is 208 g/mol. The molecule has 4 heteroatoms. The molecule has 0 amide bonds. The molecule has 0 aliphatic carbocycles. The van der Waals surface area contributed by atoms with E-state index in [1.807, 2.05) is 6.92 Å². The van der Waals surface area contributed by atoms with Gasteiger partial charge in [0.2, 0.25) is 0 Å². The number of methoxy groups -OCH3 is 1. The van der Waals surface area contributed by atoms with Gasteiger partial charge in [-0.2, -0.15) is 0 Å². The van der Waals surface area contributed by atoms with E-state index in [-0.39, 0.29) is 5.56 Å². The number of benzene rings is 1. The van der Waals surface area contributed by atoms with E-state index in [1.54, 1.807) is 12.1 Å². The molecule has 0 aliphatic heterocycles. The van der Waals surface area contributed by atoms with Gasteiger partial charge in [-0.1, -0.05) is 0 Å². The summed E-state index contributed by atoms with van der Waals surface area (Å²) >= 11 is 0. The number of hydrogen-bond acceptors (Lipinski definition) is 4. The molecule has 1 aromatic rings. The van der Waals surface area contributed by atoms with Crippen molar-refractivity contribution in [3.05, 3.63) is 29.3 Å². The molecule has 0 radical (unpaired) electrons. The molecular weight excluding hydrogens is 196 g/mol. The Labute approximate surface area is 87.8 Å². The molecule has 0 spiro atoms. The Morgan fingerprint density at radius 2 is 2.20 bits per heavy atom. The van der Waals surface area contributed by atoms with E-state index in [9.17, 15) is 9.59 Å². The van der Waals surface area contributed by atoms with Gasteiger partial charge >= 0.3 is 5.97 Å². The summed E-state index contributed by atoms with van der Waals surface area (Å²) in [6.07, 6.45) is 0.669. The third kappa shape index (κ3) is 2.56. The van der Waals surface area contributed by atoms with Crippen LogP contribution in [-0.4, -0.2) is 26.0 Å². The summed E-state index contributed by atoms with van der Waals surface area (Å²) in [5.74, 6) is -0.0860. The van der Waals surface area contributed by atoms with Crippen LogP contribution in [0.3, 0.4) is 0 Å². The number of aldehydes is 1. The second kappa shape index (κ2) is 5.14. The molecule has 80 valence electrons. The summed E-state index contributed by atoms with van der Waals surface area (Å²) in [6.45, 7) is 2.26. The second-order valence-corrected chi connectivity index (χ2v) is 2.80. The van der Waals surface area contributed by atoms with Gasteiger partial charge in [0.15, 0.2) is 0 Å². The Bertz CT molecular complexity index is 371. The second-order valence-electron chi connectivity index (χ2n) is 2.80. The maximum atomic E-state index is 11.4. The SMILES string of the molecule is CCOc1ccc(C=O)cc1C(=O)OC. The van der Waals surface area contributed by atoms with Crippen molar-refractivity contribution in [3.8, 4) is 5.75 Å². The van der Waals surface area contributed by atoms with Crippen LogP contribution in [0, 0.1) is 0 Å². The minimum absolute atomic E-state index is 0.268. The highest BCUT2D eigenvalue weighted by atomic mass is 16.5. The Kier molecular flexibility index (Phi) is 3.85. The first kappa shape index (κ1) is 11.2. The topological polar surface area (TPSA) is 52.6 Å². The zero-order valence-electron chi connectivity index (χ0n) is 8.65. The van der Waals surface area contributed by atoms with Crippen LogP contribution in [0.4, 0.5) is 0 Å². The van der Waals surface area contributed by atoms with Crippen LogP contribution in [0.1, 0.15) is 27.6 Å². The summed E-state index contributed by atoms with van der Waals surface area (Å²) in [5, 5.41) is 0. The number of hydrogen-bond donors (Lipinski definition) is 0. The number of esters is 1. The molecule has 0 bridgehead atoms. The van der Waals surface area contributed by atoms with E-state index in [0.717, 1.165) is 0 Å². The summed E-state index contributed by atoms with van der Waals surface area (Å²) in [6, 6.07) is 4.62. The van der Waals surface area contributed by atoms with Gasteiger partial charge in [-0.25, -0.2) is 4.79 Å². The fourth-order valence-corrected chi connectivity index (χ4v) is 1.17. The number of ether oxygens (including phenoxy) is 2. The van der Waals surface area contributed by atoms with Crippen molar-refractivity contribution < 1.29 is 19.1 Å². The first-order valence-electron chi connectivity index (χ1n) is 4.53. The maximum absolute atomic E-state index is 11.4. The van der Waals surface area contributed by atoms with E-state index in [0.29, 0.717) is 24.2 Å². The van der Waals surface area contributed by atoms with Crippen LogP contribution in [0.2, 0.25) is 0 Å². The van der Waals surface area contributed by atoms with Crippen molar-refractivity contribution in [1.82, 2.24) is 0 Å². The van der Waals surface area contributed by atoms with Crippen LogP contribution in [0.5, 0.6) is 5.75 Å². The Morgan fingerprint density at radius 1 is 1.47 bits per heavy atom. The molecule has 0 N–H and O–H groups in total. The fraction of sp³-hybridized carbons (Fsp3) is 0.273. The molecule has 0 heterocycles. The molecule has 1 aromatic carbocycles. The molecule has 4 nitrogen and oxygen atoms in total. The smallest absolute Gasteiger partial charge is 0.341 e. The summed E-state index contributed by atoms with van der Waals surface area (Å²) in [4.78, 5) is 21.9. The van der Waals surface area contributed by atoms with Gasteiger partial charge < -0.3 is 9.47 Å². The molecular formula is C11H12O4. The monoisotopic (exact) mass is 208 g/mol. The zero-order valence-corrected chi connectivity index (χ0v) is 8.65. The highest BCUT2D eigenvalue weighted by Crippen LogP contribution is 2.20. The molecule has 0 saturated carbocycles. The van der Waals surface area contributed by atoms with Crippen molar-refractivity contribution in [2.75, 3.05) is 13.7 Å². The Morgan fingerprint density at radius 3 is 2.73 bits per heavy atom. The molecule has 0 fully saturated rings. The van der Waals surface area contributed by atoms with Crippen molar-refractivity contribution in [2.45, 2.75) is 6.92 Å². The van der Waals surface area contributed by atoms with Gasteiger partial charge in [0.1, 0.15) is 17.6 Å². The minimum Gasteiger partial charge on any atom is -0.493 e. The first-order valence-corrected chi connectivity index (χ1v) is 4.53. The number of carbonyl (C=O) groups excluding carboxylic acids is 2. The summed E-state index contributed by atoms with van der Waals surface area (Å²) < 4.78 is 9.83. The molecule has 0 aliphatic rings. The lowest BCUT2D eigenvalue weighted by Gasteiger charge is -2.08. The average Bonchev–Trinajstić information content (AvgIpc) is 2.29. The van der Waals surface area contributed by atoms with Crippen LogP contribution in [0.25, 0.3) is 0 Å². The highest BCUT2D eigenvalue weighted by molar-refractivity contribution is 5.94. The molecule has 0 unspecified atom stereocenters. The van der Waals surface area contributed by atoms with Gasteiger partial charge in [0.25, 0.3) is 0 Å². The highest BCUT2D eigenvalue weighted by Gasteiger charge is 2.13. The van der Waals surface area contributed by atoms with Crippen molar-refractivity contribution in [3.63, 3.8) is 0 Å². The van der Waals surface area contributed by atoms with Crippen LogP contribution in [0.15, 0.2) is 18.2 Å². The Balaban J connectivity index is 3.15. The lowest BCUT2D eigenvalue weighted by molar-refractivity contribution is 0.0596. The van der Waals surface area contributed by atoms with Crippen LogP contribution >= 0.6 is 0 Å². The molecule has 0 saturated heterocycles. The summed E-state index contributed by atoms with van der Waals surface area (Å²) in [7, 11) is 1.28. The van der Waals surface area contributed by atoms with Gasteiger partial charge in [-0.15, -0.1) is 0 Å². The first-order chi connectivity index (χ1) is 7.22. The third-order valence-corrected chi connectivity index (χ3v) is 1.84. The van der Waals surface area contributed by atoms with E-state index in [2.05, 4.69) is 4.74 Å². The van der Waals surface area contributed by atoms with Crippen LogP contribution in [-0.2, 0) is 4.74 Å². The van der Waals surface area contributed by atoms with Crippen molar-refractivity contribution in [1.29, 1.82) is 0 Å². The predicted molar refractivity (Wildman–Crippen MR) is 54.3 cm³/mol. The van der Waals surface area contributed by atoms with E-state index >= 15 is 0 Å². The normalized spacial score (nSPS) is 9.47. The third-order valence-electron chi connectivity index (χ3n) is 1.84. The van der Waals surface area contributed by atoms with E-state index < -0.39 is 5.97 Å².